The fourth-order valence-corrected chi connectivity index (χ4v) is 1.11. The Balaban J connectivity index is 3.59. The second kappa shape index (κ2) is 9.93. The Morgan fingerprint density at radius 1 is 1.47 bits per heavy atom. The number of amidine groups is 1. The lowest BCUT2D eigenvalue weighted by atomic mass is 10.1. The molecule has 0 aliphatic heterocycles. The van der Waals surface area contributed by atoms with E-state index in [4.69, 9.17) is 10.6 Å². The van der Waals surface area contributed by atoms with Crippen LogP contribution in [0.5, 0.6) is 0 Å². The zero-order chi connectivity index (χ0) is 13.1. The van der Waals surface area contributed by atoms with Crippen molar-refractivity contribution in [2.45, 2.75) is 46.5 Å². The quantitative estimate of drug-likeness (QED) is 0.280. The third-order valence-corrected chi connectivity index (χ3v) is 2.21. The summed E-state index contributed by atoms with van der Waals surface area (Å²) in [6.07, 6.45) is 3.71. The average molecular weight is 243 g/mol. The van der Waals surface area contributed by atoms with Gasteiger partial charge in [-0.25, -0.2) is 0 Å². The maximum atomic E-state index is 11.2. The molecule has 100 valence electrons. The predicted octanol–water partition coefficient (Wildman–Crippen LogP) is 1.63. The summed E-state index contributed by atoms with van der Waals surface area (Å²) in [5.74, 6) is 0.875. The van der Waals surface area contributed by atoms with E-state index >= 15 is 0 Å². The maximum Gasteiger partial charge on any atom is 0.260 e. The van der Waals surface area contributed by atoms with Gasteiger partial charge < -0.3 is 15.9 Å². The molecule has 1 amide bonds. The van der Waals surface area contributed by atoms with Crippen molar-refractivity contribution in [2.75, 3.05) is 13.2 Å². The van der Waals surface area contributed by atoms with Crippen LogP contribution in [0.4, 0.5) is 0 Å². The van der Waals surface area contributed by atoms with Crippen molar-refractivity contribution < 1.29 is 9.63 Å². The van der Waals surface area contributed by atoms with Crippen LogP contribution < -0.4 is 11.1 Å². The lowest BCUT2D eigenvalue weighted by Gasteiger charge is -2.05. The van der Waals surface area contributed by atoms with E-state index < -0.39 is 0 Å². The molecule has 0 heterocycles. The van der Waals surface area contributed by atoms with Gasteiger partial charge in [0.2, 0.25) is 0 Å². The molecule has 0 bridgehead atoms. The first-order valence-electron chi connectivity index (χ1n) is 6.27. The third-order valence-electron chi connectivity index (χ3n) is 2.21. The minimum absolute atomic E-state index is 0.0634. The molecule has 0 aliphatic carbocycles. The molecule has 0 aromatic carbocycles. The summed E-state index contributed by atoms with van der Waals surface area (Å²) < 4.78 is 0. The maximum absolute atomic E-state index is 11.2. The van der Waals surface area contributed by atoms with Gasteiger partial charge in [-0.1, -0.05) is 32.3 Å². The minimum Gasteiger partial charge on any atom is -0.384 e. The van der Waals surface area contributed by atoms with Crippen LogP contribution >= 0.6 is 0 Å². The summed E-state index contributed by atoms with van der Waals surface area (Å²) in [7, 11) is 0. The molecule has 0 aromatic rings. The van der Waals surface area contributed by atoms with Gasteiger partial charge in [0.05, 0.1) is 0 Å². The molecule has 0 unspecified atom stereocenters. The van der Waals surface area contributed by atoms with E-state index in [1.807, 2.05) is 0 Å². The number of oxime groups is 1. The van der Waals surface area contributed by atoms with E-state index in [1.54, 1.807) is 0 Å². The van der Waals surface area contributed by atoms with Gasteiger partial charge in [0.25, 0.3) is 5.91 Å². The van der Waals surface area contributed by atoms with Crippen LogP contribution in [0.3, 0.4) is 0 Å². The molecule has 3 N–H and O–H groups in total. The summed E-state index contributed by atoms with van der Waals surface area (Å²) in [5.41, 5.74) is 5.62. The zero-order valence-electron chi connectivity index (χ0n) is 11.2. The van der Waals surface area contributed by atoms with E-state index in [1.165, 1.54) is 0 Å². The van der Waals surface area contributed by atoms with Crippen LogP contribution in [0.1, 0.15) is 46.5 Å². The largest absolute Gasteiger partial charge is 0.384 e. The summed E-state index contributed by atoms with van der Waals surface area (Å²) >= 11 is 0. The van der Waals surface area contributed by atoms with E-state index in [0.717, 1.165) is 19.3 Å². The van der Waals surface area contributed by atoms with Crippen molar-refractivity contribution in [1.82, 2.24) is 5.32 Å². The SMILES string of the molecule is CCCCNC(=O)CO/N=C(\N)CCC(C)C. The second-order valence-corrected chi connectivity index (χ2v) is 4.49. The van der Waals surface area contributed by atoms with Crippen molar-refractivity contribution in [3.63, 3.8) is 0 Å². The number of carbonyl (C=O) groups is 1. The topological polar surface area (TPSA) is 76.7 Å². The van der Waals surface area contributed by atoms with Crippen LogP contribution in [0, 0.1) is 5.92 Å². The van der Waals surface area contributed by atoms with Crippen molar-refractivity contribution in [2.24, 2.45) is 16.8 Å². The van der Waals surface area contributed by atoms with Gasteiger partial charge in [-0.15, -0.1) is 0 Å². The number of amides is 1. The number of carbonyl (C=O) groups excluding carboxylic acids is 1. The molecule has 0 aromatic heterocycles. The Kier molecular flexibility index (Phi) is 9.19. The third kappa shape index (κ3) is 11.0. The van der Waals surface area contributed by atoms with E-state index in [9.17, 15) is 4.79 Å². The van der Waals surface area contributed by atoms with Gasteiger partial charge in [0.1, 0.15) is 5.84 Å². The lowest BCUT2D eigenvalue weighted by Crippen LogP contribution is -2.28. The van der Waals surface area contributed by atoms with Crippen LogP contribution in [0.15, 0.2) is 5.16 Å². The monoisotopic (exact) mass is 243 g/mol. The molecule has 0 spiro atoms. The highest BCUT2D eigenvalue weighted by Crippen LogP contribution is 2.02. The predicted molar refractivity (Wildman–Crippen MR) is 69.6 cm³/mol. The second-order valence-electron chi connectivity index (χ2n) is 4.49. The molecule has 5 nitrogen and oxygen atoms in total. The molecule has 0 atom stereocenters. The first-order chi connectivity index (χ1) is 8.06. The molecule has 0 radical (unpaired) electrons. The highest BCUT2D eigenvalue weighted by Gasteiger charge is 2.01. The zero-order valence-corrected chi connectivity index (χ0v) is 11.2. The Labute approximate surface area is 104 Å². The number of nitrogens with zero attached hydrogens (tertiary/aromatic N) is 1. The number of rotatable bonds is 9. The average Bonchev–Trinajstić information content (AvgIpc) is 2.27. The van der Waals surface area contributed by atoms with E-state index in [2.05, 4.69) is 31.2 Å². The minimum atomic E-state index is -0.154. The van der Waals surface area contributed by atoms with Crippen LogP contribution in [-0.2, 0) is 9.63 Å². The van der Waals surface area contributed by atoms with Gasteiger partial charge in [0, 0.05) is 13.0 Å². The van der Waals surface area contributed by atoms with E-state index in [0.29, 0.717) is 24.7 Å². The summed E-state index contributed by atoms with van der Waals surface area (Å²) in [4.78, 5) is 16.1. The van der Waals surface area contributed by atoms with Crippen LogP contribution in [-0.4, -0.2) is 24.9 Å². The van der Waals surface area contributed by atoms with Crippen molar-refractivity contribution in [1.29, 1.82) is 0 Å². The number of nitrogens with one attached hydrogen (secondary N) is 1. The summed E-state index contributed by atoms with van der Waals surface area (Å²) in [6, 6.07) is 0. The summed E-state index contributed by atoms with van der Waals surface area (Å²) in [6.45, 7) is 6.93. The Morgan fingerprint density at radius 3 is 2.76 bits per heavy atom. The molecule has 0 saturated carbocycles. The molecule has 0 aliphatic rings. The molecule has 0 fully saturated rings. The first kappa shape index (κ1) is 15.7. The van der Waals surface area contributed by atoms with Crippen LogP contribution in [0.25, 0.3) is 0 Å². The number of hydrogen-bond donors (Lipinski definition) is 2. The first-order valence-corrected chi connectivity index (χ1v) is 6.27. The molecule has 17 heavy (non-hydrogen) atoms. The number of unbranched alkanes of at least 4 members (excludes halogenated alkanes) is 1. The molecule has 0 rings (SSSR count). The van der Waals surface area contributed by atoms with Gasteiger partial charge in [-0.3, -0.25) is 4.79 Å². The molecular weight excluding hydrogens is 218 g/mol. The van der Waals surface area contributed by atoms with Crippen molar-refractivity contribution in [3.05, 3.63) is 0 Å². The Hall–Kier alpha value is -1.26. The van der Waals surface area contributed by atoms with Gasteiger partial charge in [-0.05, 0) is 18.8 Å². The van der Waals surface area contributed by atoms with Gasteiger partial charge in [-0.2, -0.15) is 0 Å². The Morgan fingerprint density at radius 2 is 2.18 bits per heavy atom. The van der Waals surface area contributed by atoms with Crippen molar-refractivity contribution in [3.8, 4) is 0 Å². The fourth-order valence-electron chi connectivity index (χ4n) is 1.11. The number of nitrogens with two attached hydrogens (primary N) is 1. The standard InChI is InChI=1S/C12H25N3O2/c1-4-5-8-14-12(16)9-17-15-11(13)7-6-10(2)3/h10H,4-9H2,1-3H3,(H2,13,15)(H,14,16). The van der Waals surface area contributed by atoms with Crippen LogP contribution in [0.2, 0.25) is 0 Å². The highest BCUT2D eigenvalue weighted by molar-refractivity contribution is 5.80. The normalized spacial score (nSPS) is 11.6. The van der Waals surface area contributed by atoms with Gasteiger partial charge in [0.15, 0.2) is 6.61 Å². The van der Waals surface area contributed by atoms with Crippen molar-refractivity contribution >= 4 is 11.7 Å². The molecule has 5 heteroatoms. The molecular formula is C12H25N3O2. The highest BCUT2D eigenvalue weighted by atomic mass is 16.6. The smallest absolute Gasteiger partial charge is 0.260 e. The molecule has 0 saturated heterocycles. The lowest BCUT2D eigenvalue weighted by molar-refractivity contribution is -0.125. The van der Waals surface area contributed by atoms with E-state index in [-0.39, 0.29) is 12.5 Å². The number of hydrogen-bond acceptors (Lipinski definition) is 3. The van der Waals surface area contributed by atoms with Gasteiger partial charge >= 0.3 is 0 Å². The summed E-state index contributed by atoms with van der Waals surface area (Å²) in [5, 5.41) is 6.43. The fraction of sp³-hybridized carbons (Fsp3) is 0.833. The Bertz CT molecular complexity index is 240.